The Morgan fingerprint density at radius 1 is 1.42 bits per heavy atom. The molecule has 1 unspecified atom stereocenters. The van der Waals surface area contributed by atoms with E-state index in [2.05, 4.69) is 0 Å². The summed E-state index contributed by atoms with van der Waals surface area (Å²) >= 11 is 1.74. The molecule has 1 aromatic carbocycles. The predicted octanol–water partition coefficient (Wildman–Crippen LogP) is 1.12. The molecule has 0 radical (unpaired) electrons. The lowest BCUT2D eigenvalue weighted by Gasteiger charge is -2.33. The number of carbonyl (C=O) groups excluding carboxylic acids is 1. The zero-order valence-electron chi connectivity index (χ0n) is 10.5. The lowest BCUT2D eigenvalue weighted by atomic mass is 10.2. The van der Waals surface area contributed by atoms with E-state index < -0.39 is 6.10 Å². The van der Waals surface area contributed by atoms with E-state index in [-0.39, 0.29) is 5.91 Å². The van der Waals surface area contributed by atoms with Crippen molar-refractivity contribution < 1.29 is 14.3 Å². The number of amides is 1. The second-order valence-electron chi connectivity index (χ2n) is 4.50. The SMILES string of the molecule is Nc1ccc2c(c1)N(C(=O)C1COCCO1)CCS2. The Labute approximate surface area is 116 Å². The molecule has 1 saturated heterocycles. The summed E-state index contributed by atoms with van der Waals surface area (Å²) in [4.78, 5) is 15.4. The van der Waals surface area contributed by atoms with Crippen LogP contribution in [-0.4, -0.2) is 44.1 Å². The average molecular weight is 280 g/mol. The highest BCUT2D eigenvalue weighted by Gasteiger charge is 2.31. The summed E-state index contributed by atoms with van der Waals surface area (Å²) in [5.41, 5.74) is 7.37. The molecule has 0 aliphatic carbocycles. The Morgan fingerprint density at radius 2 is 2.32 bits per heavy atom. The zero-order chi connectivity index (χ0) is 13.2. The van der Waals surface area contributed by atoms with Gasteiger partial charge in [0.2, 0.25) is 0 Å². The molecule has 5 nitrogen and oxygen atoms in total. The minimum absolute atomic E-state index is 0.0353. The summed E-state index contributed by atoms with van der Waals surface area (Å²) in [6, 6.07) is 5.68. The largest absolute Gasteiger partial charge is 0.399 e. The molecule has 1 fully saturated rings. The first-order valence-corrected chi connectivity index (χ1v) is 7.27. The number of hydrogen-bond acceptors (Lipinski definition) is 5. The maximum Gasteiger partial charge on any atom is 0.258 e. The molecule has 1 amide bonds. The van der Waals surface area contributed by atoms with Gasteiger partial charge in [-0.3, -0.25) is 4.79 Å². The molecule has 102 valence electrons. The molecule has 0 saturated carbocycles. The Balaban J connectivity index is 1.86. The Kier molecular flexibility index (Phi) is 3.63. The van der Waals surface area contributed by atoms with E-state index in [1.165, 1.54) is 0 Å². The average Bonchev–Trinajstić information content (AvgIpc) is 2.47. The van der Waals surface area contributed by atoms with Crippen molar-refractivity contribution in [3.8, 4) is 0 Å². The van der Waals surface area contributed by atoms with Crippen molar-refractivity contribution in [1.29, 1.82) is 0 Å². The number of thioether (sulfide) groups is 1. The van der Waals surface area contributed by atoms with Gasteiger partial charge in [0, 0.05) is 22.9 Å². The number of nitrogen functional groups attached to an aromatic ring is 1. The third-order valence-corrected chi connectivity index (χ3v) is 4.25. The maximum absolute atomic E-state index is 12.5. The second-order valence-corrected chi connectivity index (χ2v) is 5.64. The van der Waals surface area contributed by atoms with E-state index in [0.29, 0.717) is 32.1 Å². The van der Waals surface area contributed by atoms with Crippen LogP contribution in [0.4, 0.5) is 11.4 Å². The maximum atomic E-state index is 12.5. The summed E-state index contributed by atoms with van der Waals surface area (Å²) in [6.07, 6.45) is -0.494. The van der Waals surface area contributed by atoms with Gasteiger partial charge in [0.25, 0.3) is 5.91 Å². The molecule has 2 aliphatic rings. The highest BCUT2D eigenvalue weighted by atomic mass is 32.2. The number of nitrogens with two attached hydrogens (primary N) is 1. The van der Waals surface area contributed by atoms with Gasteiger partial charge in [-0.05, 0) is 18.2 Å². The lowest BCUT2D eigenvalue weighted by Crippen LogP contribution is -2.47. The fraction of sp³-hybridized carbons (Fsp3) is 0.462. The van der Waals surface area contributed by atoms with Crippen molar-refractivity contribution in [3.63, 3.8) is 0 Å². The molecule has 2 heterocycles. The van der Waals surface area contributed by atoms with E-state index in [4.69, 9.17) is 15.2 Å². The summed E-state index contributed by atoms with van der Waals surface area (Å²) in [7, 11) is 0. The van der Waals surface area contributed by atoms with Crippen LogP contribution in [0.1, 0.15) is 0 Å². The minimum Gasteiger partial charge on any atom is -0.399 e. The number of carbonyl (C=O) groups is 1. The van der Waals surface area contributed by atoms with Gasteiger partial charge in [-0.1, -0.05) is 0 Å². The molecule has 1 atom stereocenters. The van der Waals surface area contributed by atoms with Crippen molar-refractivity contribution in [3.05, 3.63) is 18.2 Å². The Morgan fingerprint density at radius 3 is 3.11 bits per heavy atom. The van der Waals surface area contributed by atoms with E-state index in [9.17, 15) is 4.79 Å². The lowest BCUT2D eigenvalue weighted by molar-refractivity contribution is -0.144. The normalized spacial score (nSPS) is 22.9. The Bertz CT molecular complexity index is 489. The van der Waals surface area contributed by atoms with Crippen LogP contribution in [0.3, 0.4) is 0 Å². The van der Waals surface area contributed by atoms with Crippen LogP contribution in [0.15, 0.2) is 23.1 Å². The predicted molar refractivity (Wildman–Crippen MR) is 74.5 cm³/mol. The first-order chi connectivity index (χ1) is 9.25. The monoisotopic (exact) mass is 280 g/mol. The first-order valence-electron chi connectivity index (χ1n) is 6.29. The standard InChI is InChI=1S/C13H16N2O3S/c14-9-1-2-12-10(7-9)15(3-6-19-12)13(16)11-8-17-4-5-18-11/h1-2,7,11H,3-6,8,14H2. The van der Waals surface area contributed by atoms with Gasteiger partial charge in [-0.15, -0.1) is 11.8 Å². The van der Waals surface area contributed by atoms with Gasteiger partial charge in [0.05, 0.1) is 25.5 Å². The third-order valence-electron chi connectivity index (χ3n) is 3.20. The molecule has 19 heavy (non-hydrogen) atoms. The summed E-state index contributed by atoms with van der Waals surface area (Å²) in [6.45, 7) is 2.05. The van der Waals surface area contributed by atoms with Crippen LogP contribution < -0.4 is 10.6 Å². The number of hydrogen-bond donors (Lipinski definition) is 1. The van der Waals surface area contributed by atoms with Crippen molar-refractivity contribution >= 4 is 29.0 Å². The van der Waals surface area contributed by atoms with Crippen LogP contribution in [-0.2, 0) is 14.3 Å². The van der Waals surface area contributed by atoms with Crippen molar-refractivity contribution in [2.75, 3.05) is 42.8 Å². The van der Waals surface area contributed by atoms with Gasteiger partial charge in [-0.2, -0.15) is 0 Å². The van der Waals surface area contributed by atoms with E-state index in [1.807, 2.05) is 18.2 Å². The molecule has 0 aromatic heterocycles. The van der Waals surface area contributed by atoms with E-state index >= 15 is 0 Å². The molecule has 1 aromatic rings. The van der Waals surface area contributed by atoms with Crippen molar-refractivity contribution in [1.82, 2.24) is 0 Å². The van der Waals surface area contributed by atoms with Crippen molar-refractivity contribution in [2.45, 2.75) is 11.0 Å². The first kappa shape index (κ1) is 12.8. The van der Waals surface area contributed by atoms with Gasteiger partial charge in [0.15, 0.2) is 6.10 Å². The highest BCUT2D eigenvalue weighted by molar-refractivity contribution is 7.99. The second kappa shape index (κ2) is 5.40. The van der Waals surface area contributed by atoms with Crippen molar-refractivity contribution in [2.24, 2.45) is 0 Å². The van der Waals surface area contributed by atoms with Crippen LogP contribution in [0.2, 0.25) is 0 Å². The minimum atomic E-state index is -0.494. The summed E-state index contributed by atoms with van der Waals surface area (Å²) < 4.78 is 10.8. The fourth-order valence-corrected chi connectivity index (χ4v) is 3.24. The summed E-state index contributed by atoms with van der Waals surface area (Å²) in [5, 5.41) is 0. The molecule has 0 bridgehead atoms. The number of ether oxygens (including phenoxy) is 2. The Hall–Kier alpha value is -1.24. The molecule has 2 N–H and O–H groups in total. The van der Waals surface area contributed by atoms with E-state index in [1.54, 1.807) is 16.7 Å². The number of benzene rings is 1. The number of anilines is 2. The van der Waals surface area contributed by atoms with Crippen LogP contribution in [0.5, 0.6) is 0 Å². The number of nitrogens with zero attached hydrogens (tertiary/aromatic N) is 1. The van der Waals surface area contributed by atoms with Crippen LogP contribution in [0, 0.1) is 0 Å². The molecule has 0 spiro atoms. The fourth-order valence-electron chi connectivity index (χ4n) is 2.27. The smallest absolute Gasteiger partial charge is 0.258 e. The molecular formula is C13H16N2O3S. The zero-order valence-corrected chi connectivity index (χ0v) is 11.3. The van der Waals surface area contributed by atoms with Crippen LogP contribution in [0.25, 0.3) is 0 Å². The molecule has 3 rings (SSSR count). The summed E-state index contributed by atoms with van der Waals surface area (Å²) in [5.74, 6) is 0.850. The van der Waals surface area contributed by atoms with E-state index in [0.717, 1.165) is 16.3 Å². The third kappa shape index (κ3) is 2.56. The topological polar surface area (TPSA) is 64.8 Å². The van der Waals surface area contributed by atoms with Gasteiger partial charge >= 0.3 is 0 Å². The van der Waals surface area contributed by atoms with Gasteiger partial charge in [-0.25, -0.2) is 0 Å². The number of rotatable bonds is 1. The molecule has 2 aliphatic heterocycles. The van der Waals surface area contributed by atoms with Gasteiger partial charge in [0.1, 0.15) is 0 Å². The van der Waals surface area contributed by atoms with Crippen LogP contribution >= 0.6 is 11.8 Å². The van der Waals surface area contributed by atoms with Gasteiger partial charge < -0.3 is 20.1 Å². The quantitative estimate of drug-likeness (QED) is 0.781. The number of fused-ring (bicyclic) bond motifs is 1. The molecular weight excluding hydrogens is 264 g/mol. The molecule has 6 heteroatoms. The highest BCUT2D eigenvalue weighted by Crippen LogP contribution is 2.36.